The Bertz CT molecular complexity index is 616. The summed E-state index contributed by atoms with van der Waals surface area (Å²) in [5.74, 6) is -0.695. The molecule has 0 aromatic carbocycles. The zero-order chi connectivity index (χ0) is 30.0. The van der Waals surface area contributed by atoms with Crippen molar-refractivity contribution in [1.82, 2.24) is 0 Å². The van der Waals surface area contributed by atoms with Gasteiger partial charge in [0.05, 0.1) is 117 Å². The van der Waals surface area contributed by atoms with Gasteiger partial charge in [-0.15, -0.1) is 0 Å². The van der Waals surface area contributed by atoms with E-state index in [1.807, 2.05) is 6.92 Å². The molecule has 0 radical (unpaired) electrons. The van der Waals surface area contributed by atoms with Gasteiger partial charge >= 0.3 is 11.9 Å². The molecular weight excluding hydrogens is 528 g/mol. The number of ether oxygens (including phenoxy) is 10. The van der Waals surface area contributed by atoms with Gasteiger partial charge in [-0.1, -0.05) is 6.92 Å². The molecule has 0 saturated carbocycles. The monoisotopic (exact) mass is 582 g/mol. The lowest BCUT2D eigenvalue weighted by Crippen LogP contribution is -2.38. The van der Waals surface area contributed by atoms with Crippen molar-refractivity contribution in [3.8, 4) is 0 Å². The van der Waals surface area contributed by atoms with Gasteiger partial charge in [-0.25, -0.2) is 0 Å². The Kier molecular flexibility index (Phi) is 24.5. The molecule has 0 rings (SSSR count). The fourth-order valence-electron chi connectivity index (χ4n) is 3.59. The Hall–Kier alpha value is -1.38. The maximum atomic E-state index is 12.5. The van der Waals surface area contributed by atoms with Crippen LogP contribution in [0.25, 0.3) is 0 Å². The summed E-state index contributed by atoms with van der Waals surface area (Å²) >= 11 is 0. The summed E-state index contributed by atoms with van der Waals surface area (Å²) in [6.45, 7) is 14.6. The van der Waals surface area contributed by atoms with Crippen molar-refractivity contribution in [2.75, 3.05) is 120 Å². The fraction of sp³-hybridized carbons (Fsp3) is 0.929. The number of hydrogen-bond acceptors (Lipinski definition) is 12. The van der Waals surface area contributed by atoms with Crippen LogP contribution in [0.1, 0.15) is 40.5 Å². The summed E-state index contributed by atoms with van der Waals surface area (Å²) in [4.78, 5) is 24.6. The molecule has 0 spiro atoms. The number of carbonyl (C=O) groups is 2. The summed E-state index contributed by atoms with van der Waals surface area (Å²) < 4.78 is 53.0. The van der Waals surface area contributed by atoms with Crippen LogP contribution in [0, 0.1) is 10.8 Å². The zero-order valence-electron chi connectivity index (χ0n) is 25.6. The van der Waals surface area contributed by atoms with Gasteiger partial charge in [0, 0.05) is 7.11 Å². The summed E-state index contributed by atoms with van der Waals surface area (Å²) in [7, 11) is 2.99. The molecule has 40 heavy (non-hydrogen) atoms. The Morgan fingerprint density at radius 3 is 1.12 bits per heavy atom. The van der Waals surface area contributed by atoms with Gasteiger partial charge in [0.15, 0.2) is 0 Å². The van der Waals surface area contributed by atoms with Crippen molar-refractivity contribution >= 4 is 11.9 Å². The number of rotatable bonds is 29. The molecule has 12 heteroatoms. The minimum absolute atomic E-state index is 0.135. The van der Waals surface area contributed by atoms with Crippen LogP contribution in [0.2, 0.25) is 0 Å². The van der Waals surface area contributed by atoms with Crippen LogP contribution in [0.3, 0.4) is 0 Å². The Labute approximate surface area is 240 Å². The van der Waals surface area contributed by atoms with Crippen molar-refractivity contribution in [3.05, 3.63) is 0 Å². The highest BCUT2D eigenvalue weighted by molar-refractivity contribution is 5.80. The van der Waals surface area contributed by atoms with Crippen molar-refractivity contribution in [1.29, 1.82) is 0 Å². The summed E-state index contributed by atoms with van der Waals surface area (Å²) in [5, 5.41) is 0. The first-order chi connectivity index (χ1) is 19.2. The number of esters is 2. The normalized spacial score (nSPS) is 13.2. The molecule has 0 saturated heterocycles. The summed E-state index contributed by atoms with van der Waals surface area (Å²) in [6, 6.07) is 0. The molecule has 0 aromatic rings. The van der Waals surface area contributed by atoms with Crippen LogP contribution in [0.4, 0.5) is 0 Å². The third-order valence-corrected chi connectivity index (χ3v) is 5.97. The van der Waals surface area contributed by atoms with Gasteiger partial charge in [0.25, 0.3) is 0 Å². The molecule has 0 amide bonds. The summed E-state index contributed by atoms with van der Waals surface area (Å²) in [5.41, 5.74) is -1.56. The van der Waals surface area contributed by atoms with Crippen molar-refractivity contribution < 1.29 is 57.0 Å². The number of carbonyl (C=O) groups excluding carboxylic acids is 2. The SMILES string of the molecule is CCC(C)(CC(C)(C)C(=O)OCCOCCOCCOCCOCCOCCOCCOCCOC)C(=O)OC. The van der Waals surface area contributed by atoms with E-state index in [4.69, 9.17) is 47.4 Å². The first-order valence-electron chi connectivity index (χ1n) is 14.0. The fourth-order valence-corrected chi connectivity index (χ4v) is 3.59. The molecule has 238 valence electrons. The highest BCUT2D eigenvalue weighted by atomic mass is 16.6. The molecule has 0 aromatic heterocycles. The minimum atomic E-state index is -0.823. The van der Waals surface area contributed by atoms with Gasteiger partial charge in [0.2, 0.25) is 0 Å². The van der Waals surface area contributed by atoms with Gasteiger partial charge in [-0.3, -0.25) is 9.59 Å². The predicted octanol–water partition coefficient (Wildman–Crippen LogP) is 2.30. The Morgan fingerprint density at radius 2 is 0.825 bits per heavy atom. The molecule has 0 N–H and O–H groups in total. The maximum absolute atomic E-state index is 12.5. The van der Waals surface area contributed by atoms with Crippen LogP contribution in [-0.2, 0) is 57.0 Å². The Balaban J connectivity index is 3.47. The second-order valence-corrected chi connectivity index (χ2v) is 9.88. The van der Waals surface area contributed by atoms with E-state index < -0.39 is 10.8 Å². The van der Waals surface area contributed by atoms with Crippen molar-refractivity contribution in [2.45, 2.75) is 40.5 Å². The van der Waals surface area contributed by atoms with E-state index in [0.29, 0.717) is 105 Å². The first kappa shape index (κ1) is 38.6. The topological polar surface area (TPSA) is 126 Å². The lowest BCUT2D eigenvalue weighted by atomic mass is 9.72. The standard InChI is InChI=1S/C28H54O12/c1-7-28(4,26(30)32-6)24-27(2,3)25(29)40-23-22-39-21-20-38-19-18-37-17-16-36-15-14-35-13-12-34-11-10-33-9-8-31-5/h7-24H2,1-6H3. The lowest BCUT2D eigenvalue weighted by molar-refractivity contribution is -0.162. The van der Waals surface area contributed by atoms with Crippen LogP contribution >= 0.6 is 0 Å². The van der Waals surface area contributed by atoms with E-state index in [2.05, 4.69) is 0 Å². The van der Waals surface area contributed by atoms with Gasteiger partial charge in [0.1, 0.15) is 6.61 Å². The van der Waals surface area contributed by atoms with E-state index in [1.54, 1.807) is 27.9 Å². The van der Waals surface area contributed by atoms with Crippen molar-refractivity contribution in [2.24, 2.45) is 10.8 Å². The second kappa shape index (κ2) is 25.3. The molecule has 0 aliphatic heterocycles. The zero-order valence-corrected chi connectivity index (χ0v) is 25.6. The molecule has 0 aliphatic carbocycles. The molecule has 0 bridgehead atoms. The highest BCUT2D eigenvalue weighted by Crippen LogP contribution is 2.38. The molecule has 1 atom stereocenters. The molecule has 0 heterocycles. The van der Waals surface area contributed by atoms with Gasteiger partial charge < -0.3 is 47.4 Å². The van der Waals surface area contributed by atoms with Crippen LogP contribution < -0.4 is 0 Å². The van der Waals surface area contributed by atoms with E-state index in [0.717, 1.165) is 0 Å². The smallest absolute Gasteiger partial charge is 0.311 e. The molecule has 1 unspecified atom stereocenters. The largest absolute Gasteiger partial charge is 0.469 e. The summed E-state index contributed by atoms with van der Waals surface area (Å²) in [6.07, 6.45) is 0.904. The van der Waals surface area contributed by atoms with E-state index in [9.17, 15) is 9.59 Å². The predicted molar refractivity (Wildman–Crippen MR) is 147 cm³/mol. The average Bonchev–Trinajstić information content (AvgIpc) is 2.94. The minimum Gasteiger partial charge on any atom is -0.469 e. The highest BCUT2D eigenvalue weighted by Gasteiger charge is 2.42. The second-order valence-electron chi connectivity index (χ2n) is 9.88. The maximum Gasteiger partial charge on any atom is 0.311 e. The quantitative estimate of drug-likeness (QED) is 0.0949. The van der Waals surface area contributed by atoms with Gasteiger partial charge in [-0.05, 0) is 33.6 Å². The third-order valence-electron chi connectivity index (χ3n) is 5.97. The number of methoxy groups -OCH3 is 2. The van der Waals surface area contributed by atoms with Crippen LogP contribution in [0.5, 0.6) is 0 Å². The lowest BCUT2D eigenvalue weighted by Gasteiger charge is -2.33. The molecule has 12 nitrogen and oxygen atoms in total. The molecule has 0 fully saturated rings. The number of hydrogen-bond donors (Lipinski definition) is 0. The van der Waals surface area contributed by atoms with E-state index in [1.165, 1.54) is 7.11 Å². The van der Waals surface area contributed by atoms with E-state index in [-0.39, 0.29) is 25.2 Å². The van der Waals surface area contributed by atoms with Gasteiger partial charge in [-0.2, -0.15) is 0 Å². The van der Waals surface area contributed by atoms with Crippen LogP contribution in [0.15, 0.2) is 0 Å². The van der Waals surface area contributed by atoms with Crippen molar-refractivity contribution in [3.63, 3.8) is 0 Å². The molecule has 0 aliphatic rings. The van der Waals surface area contributed by atoms with Crippen LogP contribution in [-0.4, -0.2) is 132 Å². The molecular formula is C28H54O12. The first-order valence-corrected chi connectivity index (χ1v) is 14.0. The Morgan fingerprint density at radius 1 is 0.500 bits per heavy atom. The third kappa shape index (κ3) is 20.5. The van der Waals surface area contributed by atoms with E-state index >= 15 is 0 Å². The average molecular weight is 583 g/mol.